The zero-order chi connectivity index (χ0) is 21.6. The highest BCUT2D eigenvalue weighted by atomic mass is 35.5. The van der Waals surface area contributed by atoms with Crippen LogP contribution in [0.25, 0.3) is 0 Å². The molecular weight excluding hydrogens is 482 g/mol. The molecule has 0 spiro atoms. The maximum Gasteiger partial charge on any atom is 0.283 e. The maximum atomic E-state index is 13.0. The van der Waals surface area contributed by atoms with E-state index in [0.29, 0.717) is 0 Å². The highest BCUT2D eigenvalue weighted by Gasteiger charge is 2.52. The van der Waals surface area contributed by atoms with Gasteiger partial charge in [0.25, 0.3) is 10.1 Å². The van der Waals surface area contributed by atoms with Crippen LogP contribution in [0.1, 0.15) is 16.7 Å². The average Bonchev–Trinajstić information content (AvgIpc) is 2.63. The lowest BCUT2D eigenvalue weighted by atomic mass is 9.83. The minimum atomic E-state index is -5.11. The molecule has 0 saturated heterocycles. The van der Waals surface area contributed by atoms with Crippen molar-refractivity contribution in [3.8, 4) is 11.5 Å². The van der Waals surface area contributed by atoms with E-state index in [2.05, 4.69) is 0 Å². The Bertz CT molecular complexity index is 1210. The first-order valence-electron chi connectivity index (χ1n) is 7.89. The summed E-state index contributed by atoms with van der Waals surface area (Å²) >= 11 is 24.4. The third-order valence-electron chi connectivity index (χ3n) is 4.40. The zero-order valence-corrected chi connectivity index (χ0v) is 18.1. The van der Waals surface area contributed by atoms with E-state index in [4.69, 9.17) is 46.4 Å². The number of hydrogen-bond donors (Lipinski definition) is 3. The molecule has 10 heteroatoms. The van der Waals surface area contributed by atoms with E-state index in [1.807, 2.05) is 0 Å². The fourth-order valence-corrected chi connectivity index (χ4v) is 5.32. The molecule has 0 fully saturated rings. The lowest BCUT2D eigenvalue weighted by Gasteiger charge is -2.34. The number of phenolic OH excluding ortho intramolecular Hbond substituents is 2. The fraction of sp³-hybridized carbons (Fsp3) is 0.0526. The van der Waals surface area contributed by atoms with Crippen LogP contribution in [0.15, 0.2) is 54.6 Å². The summed E-state index contributed by atoms with van der Waals surface area (Å²) in [7, 11) is -5.11. The molecule has 3 aromatic rings. The SMILES string of the molecule is O=S(=O)(O)C(c1cccc(O)c1)(c1ccc(Cl)c(Cl)c1)c1c(Cl)ccc(Cl)c1O. The first kappa shape index (κ1) is 22.0. The van der Waals surface area contributed by atoms with Gasteiger partial charge < -0.3 is 10.2 Å². The first-order valence-corrected chi connectivity index (χ1v) is 10.8. The van der Waals surface area contributed by atoms with Crippen molar-refractivity contribution in [2.45, 2.75) is 4.75 Å². The van der Waals surface area contributed by atoms with Crippen molar-refractivity contribution in [1.29, 1.82) is 0 Å². The molecular formula is C19H12Cl4O5S. The van der Waals surface area contributed by atoms with E-state index < -0.39 is 26.2 Å². The number of phenols is 2. The molecule has 0 bridgehead atoms. The van der Waals surface area contributed by atoms with Crippen molar-refractivity contribution in [2.24, 2.45) is 0 Å². The molecule has 3 rings (SSSR count). The summed E-state index contributed by atoms with van der Waals surface area (Å²) in [5.74, 6) is -0.945. The third-order valence-corrected chi connectivity index (χ3v) is 7.20. The van der Waals surface area contributed by atoms with Crippen molar-refractivity contribution in [1.82, 2.24) is 0 Å². The molecule has 152 valence electrons. The van der Waals surface area contributed by atoms with Crippen LogP contribution in [-0.4, -0.2) is 23.2 Å². The maximum absolute atomic E-state index is 13.0. The van der Waals surface area contributed by atoms with Crippen molar-refractivity contribution in [3.63, 3.8) is 0 Å². The second-order valence-electron chi connectivity index (χ2n) is 6.09. The van der Waals surface area contributed by atoms with E-state index in [1.165, 1.54) is 48.5 Å². The molecule has 3 aromatic carbocycles. The molecule has 0 aromatic heterocycles. The van der Waals surface area contributed by atoms with Gasteiger partial charge in [-0.05, 0) is 47.5 Å². The highest BCUT2D eigenvalue weighted by molar-refractivity contribution is 7.87. The summed E-state index contributed by atoms with van der Waals surface area (Å²) in [5.41, 5.74) is -0.601. The molecule has 0 aliphatic carbocycles. The van der Waals surface area contributed by atoms with Gasteiger partial charge in [-0.15, -0.1) is 0 Å². The molecule has 29 heavy (non-hydrogen) atoms. The van der Waals surface area contributed by atoms with Crippen LogP contribution in [0.4, 0.5) is 0 Å². The standard InChI is InChI=1S/C19H12Cl4O5S/c20-13-5-4-11(9-16(13)23)19(29(26,27)28,10-2-1-3-12(24)8-10)17-14(21)6-7-15(22)18(17)25/h1-9,24-25H,(H,26,27,28). The molecule has 0 heterocycles. The first-order chi connectivity index (χ1) is 13.5. The lowest BCUT2D eigenvalue weighted by Crippen LogP contribution is -2.38. The van der Waals surface area contributed by atoms with Gasteiger partial charge in [0, 0.05) is 10.6 Å². The number of rotatable bonds is 4. The molecule has 0 aliphatic heterocycles. The highest BCUT2D eigenvalue weighted by Crippen LogP contribution is 2.52. The van der Waals surface area contributed by atoms with Gasteiger partial charge in [-0.3, -0.25) is 4.55 Å². The summed E-state index contributed by atoms with van der Waals surface area (Å²) < 4.78 is 33.9. The Hall–Kier alpha value is -1.67. The largest absolute Gasteiger partial charge is 0.508 e. The normalized spacial score (nSPS) is 13.8. The van der Waals surface area contributed by atoms with E-state index in [1.54, 1.807) is 0 Å². The number of aromatic hydroxyl groups is 2. The molecule has 0 amide bonds. The van der Waals surface area contributed by atoms with Crippen LogP contribution >= 0.6 is 46.4 Å². The van der Waals surface area contributed by atoms with Crippen LogP contribution in [0.3, 0.4) is 0 Å². The summed E-state index contributed by atoms with van der Waals surface area (Å²) in [6.07, 6.45) is 0. The lowest BCUT2D eigenvalue weighted by molar-refractivity contribution is 0.439. The Balaban J connectivity index is 2.63. The smallest absolute Gasteiger partial charge is 0.283 e. The zero-order valence-electron chi connectivity index (χ0n) is 14.3. The Labute approximate surface area is 186 Å². The van der Waals surface area contributed by atoms with E-state index in [0.717, 1.165) is 6.07 Å². The van der Waals surface area contributed by atoms with Gasteiger partial charge in [-0.2, -0.15) is 8.42 Å². The minimum absolute atomic E-state index is 0.00464. The number of benzene rings is 3. The Morgan fingerprint density at radius 2 is 1.31 bits per heavy atom. The molecule has 5 nitrogen and oxygen atoms in total. The predicted molar refractivity (Wildman–Crippen MR) is 114 cm³/mol. The topological polar surface area (TPSA) is 94.8 Å². The summed E-state index contributed by atoms with van der Waals surface area (Å²) in [6.45, 7) is 0. The van der Waals surface area contributed by atoms with E-state index in [9.17, 15) is 23.2 Å². The Morgan fingerprint density at radius 3 is 1.90 bits per heavy atom. The van der Waals surface area contributed by atoms with Crippen LogP contribution in [-0.2, 0) is 14.9 Å². The summed E-state index contributed by atoms with van der Waals surface area (Å²) in [4.78, 5) is 0. The van der Waals surface area contributed by atoms with Crippen molar-refractivity contribution < 1.29 is 23.2 Å². The molecule has 1 atom stereocenters. The van der Waals surface area contributed by atoms with Gasteiger partial charge in [0.05, 0.1) is 15.1 Å². The van der Waals surface area contributed by atoms with Crippen molar-refractivity contribution in [3.05, 3.63) is 91.4 Å². The van der Waals surface area contributed by atoms with Gasteiger partial charge in [0.1, 0.15) is 11.5 Å². The van der Waals surface area contributed by atoms with E-state index >= 15 is 0 Å². The van der Waals surface area contributed by atoms with Crippen molar-refractivity contribution >= 4 is 56.5 Å². The second kappa shape index (κ2) is 7.87. The van der Waals surface area contributed by atoms with Crippen LogP contribution in [0.2, 0.25) is 20.1 Å². The Kier molecular flexibility index (Phi) is 5.98. The van der Waals surface area contributed by atoms with Gasteiger partial charge >= 0.3 is 0 Å². The number of hydrogen-bond acceptors (Lipinski definition) is 4. The fourth-order valence-electron chi connectivity index (χ4n) is 3.20. The molecule has 3 N–H and O–H groups in total. The second-order valence-corrected chi connectivity index (χ2v) is 9.28. The molecule has 1 unspecified atom stereocenters. The van der Waals surface area contributed by atoms with Crippen molar-refractivity contribution in [2.75, 3.05) is 0 Å². The molecule has 0 aliphatic rings. The van der Waals surface area contributed by atoms with Gasteiger partial charge in [-0.25, -0.2) is 0 Å². The van der Waals surface area contributed by atoms with Crippen LogP contribution < -0.4 is 0 Å². The van der Waals surface area contributed by atoms with Gasteiger partial charge in [0.2, 0.25) is 0 Å². The van der Waals surface area contributed by atoms with Gasteiger partial charge in [-0.1, -0.05) is 64.6 Å². The number of halogens is 4. The predicted octanol–water partition coefficient (Wildman–Crippen LogP) is 5.89. The van der Waals surface area contributed by atoms with Crippen LogP contribution in [0.5, 0.6) is 11.5 Å². The Morgan fingerprint density at radius 1 is 0.724 bits per heavy atom. The third kappa shape index (κ3) is 3.65. The van der Waals surface area contributed by atoms with Gasteiger partial charge in [0.15, 0.2) is 4.75 Å². The van der Waals surface area contributed by atoms with Crippen LogP contribution in [0, 0.1) is 0 Å². The molecule has 0 radical (unpaired) electrons. The minimum Gasteiger partial charge on any atom is -0.508 e. The van der Waals surface area contributed by atoms with E-state index in [-0.39, 0.29) is 37.0 Å². The summed E-state index contributed by atoms with van der Waals surface area (Å²) in [6, 6.07) is 11.6. The monoisotopic (exact) mass is 492 g/mol. The summed E-state index contributed by atoms with van der Waals surface area (Å²) in [5, 5.41) is 20.4. The molecule has 0 saturated carbocycles. The quantitative estimate of drug-likeness (QED) is 0.311. The average molecular weight is 494 g/mol.